The van der Waals surface area contributed by atoms with Crippen LogP contribution in [0.5, 0.6) is 0 Å². The first-order valence-corrected chi connectivity index (χ1v) is 10.8. The lowest BCUT2D eigenvalue weighted by Crippen LogP contribution is -2.04. The monoisotopic (exact) mass is 359 g/mol. The van der Waals surface area contributed by atoms with Crippen molar-refractivity contribution in [2.24, 2.45) is 11.8 Å². The molecule has 2 unspecified atom stereocenters. The van der Waals surface area contributed by atoms with Crippen molar-refractivity contribution in [1.82, 2.24) is 4.98 Å². The van der Waals surface area contributed by atoms with Crippen LogP contribution in [0.15, 0.2) is 24.5 Å². The first-order valence-electron chi connectivity index (χ1n) is 10.8. The number of carbonyl (C=O) groups excluding carboxylic acids is 1. The van der Waals surface area contributed by atoms with Crippen LogP contribution in [0.1, 0.15) is 96.0 Å². The standard InChI is InChI=1S/C23H37NO2/c1-2-3-4-8-13-21-17-22(21)14-9-6-5-7-10-15-23(25)26-19-20-12-11-16-24-18-20/h11-12,16,18,21-22H,2-10,13-15,17,19H2,1H3. The topological polar surface area (TPSA) is 39.2 Å². The maximum absolute atomic E-state index is 11.7. The van der Waals surface area contributed by atoms with Gasteiger partial charge < -0.3 is 4.74 Å². The van der Waals surface area contributed by atoms with Crippen LogP contribution in [-0.4, -0.2) is 11.0 Å². The first-order chi connectivity index (χ1) is 12.8. The van der Waals surface area contributed by atoms with E-state index in [4.69, 9.17) is 4.74 Å². The summed E-state index contributed by atoms with van der Waals surface area (Å²) in [6.07, 6.45) is 20.1. The van der Waals surface area contributed by atoms with Crippen molar-refractivity contribution in [2.75, 3.05) is 0 Å². The van der Waals surface area contributed by atoms with Gasteiger partial charge in [0.2, 0.25) is 0 Å². The lowest BCUT2D eigenvalue weighted by molar-refractivity contribution is -0.145. The van der Waals surface area contributed by atoms with Crippen LogP contribution in [0.3, 0.4) is 0 Å². The minimum absolute atomic E-state index is 0.0854. The van der Waals surface area contributed by atoms with Gasteiger partial charge in [0, 0.05) is 24.4 Å². The Kier molecular flexibility index (Phi) is 10.4. The normalized spacial score (nSPS) is 18.7. The quantitative estimate of drug-likeness (QED) is 0.266. The zero-order chi connectivity index (χ0) is 18.5. The van der Waals surface area contributed by atoms with Gasteiger partial charge in [-0.1, -0.05) is 77.2 Å². The minimum Gasteiger partial charge on any atom is -0.461 e. The van der Waals surface area contributed by atoms with Crippen LogP contribution in [0, 0.1) is 11.8 Å². The van der Waals surface area contributed by atoms with Crippen molar-refractivity contribution in [3.8, 4) is 0 Å². The predicted molar refractivity (Wildman–Crippen MR) is 107 cm³/mol. The highest BCUT2D eigenvalue weighted by molar-refractivity contribution is 5.69. The Morgan fingerprint density at radius 2 is 1.73 bits per heavy atom. The minimum atomic E-state index is -0.0854. The number of aromatic nitrogens is 1. The van der Waals surface area contributed by atoms with Gasteiger partial charge in [0.25, 0.3) is 0 Å². The molecule has 0 spiro atoms. The molecule has 0 aliphatic heterocycles. The smallest absolute Gasteiger partial charge is 0.306 e. The Balaban J connectivity index is 1.35. The third-order valence-corrected chi connectivity index (χ3v) is 5.58. The molecule has 0 amide bonds. The molecular formula is C23H37NO2. The molecule has 2 rings (SSSR count). The molecule has 1 heterocycles. The van der Waals surface area contributed by atoms with Gasteiger partial charge >= 0.3 is 5.97 Å². The van der Waals surface area contributed by atoms with Gasteiger partial charge in [0.1, 0.15) is 6.61 Å². The summed E-state index contributed by atoms with van der Waals surface area (Å²) in [6.45, 7) is 2.62. The number of hydrogen-bond donors (Lipinski definition) is 0. The van der Waals surface area contributed by atoms with E-state index in [-0.39, 0.29) is 5.97 Å². The zero-order valence-corrected chi connectivity index (χ0v) is 16.6. The molecular weight excluding hydrogens is 322 g/mol. The Labute approximate surface area is 159 Å². The van der Waals surface area contributed by atoms with Crippen LogP contribution >= 0.6 is 0 Å². The van der Waals surface area contributed by atoms with E-state index in [1.165, 1.54) is 64.2 Å². The van der Waals surface area contributed by atoms with Crippen LogP contribution < -0.4 is 0 Å². The van der Waals surface area contributed by atoms with Crippen molar-refractivity contribution < 1.29 is 9.53 Å². The first kappa shape index (κ1) is 20.9. The lowest BCUT2D eigenvalue weighted by atomic mass is 10.0. The van der Waals surface area contributed by atoms with Gasteiger partial charge in [0.05, 0.1) is 0 Å². The molecule has 1 aromatic rings. The SMILES string of the molecule is CCCCCCC1CC1CCCCCCCC(=O)OCc1cccnc1. The largest absolute Gasteiger partial charge is 0.461 e. The molecule has 1 aromatic heterocycles. The molecule has 1 saturated carbocycles. The van der Waals surface area contributed by atoms with E-state index >= 15 is 0 Å². The highest BCUT2D eigenvalue weighted by Gasteiger charge is 2.34. The molecule has 26 heavy (non-hydrogen) atoms. The van der Waals surface area contributed by atoms with Crippen LogP contribution in [-0.2, 0) is 16.1 Å². The van der Waals surface area contributed by atoms with Crippen molar-refractivity contribution in [3.05, 3.63) is 30.1 Å². The van der Waals surface area contributed by atoms with Crippen molar-refractivity contribution >= 4 is 5.97 Å². The summed E-state index contributed by atoms with van der Waals surface area (Å²) in [5.74, 6) is 2.01. The summed E-state index contributed by atoms with van der Waals surface area (Å²) >= 11 is 0. The molecule has 0 radical (unpaired) electrons. The molecule has 3 heteroatoms. The number of unbranched alkanes of at least 4 members (excludes halogenated alkanes) is 7. The Bertz CT molecular complexity index is 488. The fourth-order valence-corrected chi connectivity index (χ4v) is 3.78. The van der Waals surface area contributed by atoms with E-state index in [0.717, 1.165) is 30.2 Å². The van der Waals surface area contributed by atoms with E-state index in [1.54, 1.807) is 12.4 Å². The fourth-order valence-electron chi connectivity index (χ4n) is 3.78. The second-order valence-corrected chi connectivity index (χ2v) is 7.93. The highest BCUT2D eigenvalue weighted by atomic mass is 16.5. The summed E-state index contributed by atoms with van der Waals surface area (Å²) in [7, 11) is 0. The molecule has 0 saturated heterocycles. The van der Waals surface area contributed by atoms with Gasteiger partial charge in [0.15, 0.2) is 0 Å². The Morgan fingerprint density at radius 1 is 1.04 bits per heavy atom. The number of ether oxygens (including phenoxy) is 1. The van der Waals surface area contributed by atoms with Gasteiger partial charge in [-0.2, -0.15) is 0 Å². The molecule has 146 valence electrons. The van der Waals surface area contributed by atoms with Crippen molar-refractivity contribution in [3.63, 3.8) is 0 Å². The number of carbonyl (C=O) groups is 1. The van der Waals surface area contributed by atoms with Gasteiger partial charge in [-0.05, 0) is 30.7 Å². The summed E-state index contributed by atoms with van der Waals surface area (Å²) in [4.78, 5) is 15.7. The lowest BCUT2D eigenvalue weighted by Gasteiger charge is -2.05. The number of pyridine rings is 1. The maximum atomic E-state index is 11.7. The van der Waals surface area contributed by atoms with Crippen molar-refractivity contribution in [2.45, 2.75) is 97.0 Å². The number of rotatable bonds is 15. The summed E-state index contributed by atoms with van der Waals surface area (Å²) in [5, 5.41) is 0. The third kappa shape index (κ3) is 9.35. The molecule has 1 aliphatic rings. The van der Waals surface area contributed by atoms with E-state index in [1.807, 2.05) is 12.1 Å². The van der Waals surface area contributed by atoms with E-state index in [2.05, 4.69) is 11.9 Å². The number of esters is 1. The number of nitrogens with zero attached hydrogens (tertiary/aromatic N) is 1. The molecule has 0 N–H and O–H groups in total. The summed E-state index contributed by atoms with van der Waals surface area (Å²) in [6, 6.07) is 3.79. The molecule has 1 fully saturated rings. The Morgan fingerprint density at radius 3 is 2.42 bits per heavy atom. The van der Waals surface area contributed by atoms with E-state index < -0.39 is 0 Å². The fraction of sp³-hybridized carbons (Fsp3) is 0.739. The number of hydrogen-bond acceptors (Lipinski definition) is 3. The summed E-state index contributed by atoms with van der Waals surface area (Å²) in [5.41, 5.74) is 0.949. The third-order valence-electron chi connectivity index (χ3n) is 5.58. The van der Waals surface area contributed by atoms with Gasteiger partial charge in [-0.25, -0.2) is 0 Å². The maximum Gasteiger partial charge on any atom is 0.306 e. The Hall–Kier alpha value is -1.38. The molecule has 0 bridgehead atoms. The molecule has 3 nitrogen and oxygen atoms in total. The van der Waals surface area contributed by atoms with E-state index in [9.17, 15) is 4.79 Å². The van der Waals surface area contributed by atoms with Gasteiger partial charge in [-0.3, -0.25) is 9.78 Å². The molecule has 0 aromatic carbocycles. The van der Waals surface area contributed by atoms with E-state index in [0.29, 0.717) is 13.0 Å². The highest BCUT2D eigenvalue weighted by Crippen LogP contribution is 2.45. The average Bonchev–Trinajstić information content (AvgIpc) is 3.42. The predicted octanol–water partition coefficient (Wildman–Crippen LogP) is 6.46. The molecule has 2 atom stereocenters. The average molecular weight is 360 g/mol. The van der Waals surface area contributed by atoms with Gasteiger partial charge in [-0.15, -0.1) is 0 Å². The summed E-state index contributed by atoms with van der Waals surface area (Å²) < 4.78 is 5.28. The second-order valence-electron chi connectivity index (χ2n) is 7.93. The van der Waals surface area contributed by atoms with Crippen LogP contribution in [0.2, 0.25) is 0 Å². The zero-order valence-electron chi connectivity index (χ0n) is 16.6. The van der Waals surface area contributed by atoms with Crippen LogP contribution in [0.25, 0.3) is 0 Å². The molecule has 1 aliphatic carbocycles. The van der Waals surface area contributed by atoms with Crippen LogP contribution in [0.4, 0.5) is 0 Å². The second kappa shape index (κ2) is 12.9. The van der Waals surface area contributed by atoms with Crippen molar-refractivity contribution in [1.29, 1.82) is 0 Å².